The fourth-order valence-electron chi connectivity index (χ4n) is 2.34. The molecule has 0 radical (unpaired) electrons. The van der Waals surface area contributed by atoms with Gasteiger partial charge in [-0.15, -0.1) is 0 Å². The molecule has 100 valence electrons. The maximum Gasteiger partial charge on any atom is 0.152 e. The van der Waals surface area contributed by atoms with E-state index >= 15 is 0 Å². The first-order valence-corrected chi connectivity index (χ1v) is 6.51. The lowest BCUT2D eigenvalue weighted by Crippen LogP contribution is -1.94. The zero-order chi connectivity index (χ0) is 14.1. The third kappa shape index (κ3) is 1.96. The van der Waals surface area contributed by atoms with Crippen molar-refractivity contribution >= 4 is 28.8 Å². The van der Waals surface area contributed by atoms with Gasteiger partial charge in [0.1, 0.15) is 5.75 Å². The van der Waals surface area contributed by atoms with Crippen LogP contribution in [0.25, 0.3) is 16.6 Å². The predicted octanol–water partition coefficient (Wildman–Crippen LogP) is 4.11. The highest BCUT2D eigenvalue weighted by Crippen LogP contribution is 2.31. The van der Waals surface area contributed by atoms with Gasteiger partial charge < -0.3 is 9.30 Å². The smallest absolute Gasteiger partial charge is 0.152 e. The van der Waals surface area contributed by atoms with Crippen LogP contribution >= 0.6 is 11.6 Å². The molecule has 0 unspecified atom stereocenters. The van der Waals surface area contributed by atoms with E-state index < -0.39 is 0 Å². The van der Waals surface area contributed by atoms with Crippen molar-refractivity contribution in [3.63, 3.8) is 0 Å². The Balaban J connectivity index is 2.34. The van der Waals surface area contributed by atoms with Crippen LogP contribution in [0.5, 0.6) is 5.75 Å². The summed E-state index contributed by atoms with van der Waals surface area (Å²) in [6.07, 6.45) is 2.66. The molecule has 0 N–H and O–H groups in total. The zero-order valence-electron chi connectivity index (χ0n) is 10.8. The molecular weight excluding hydrogens is 274 g/mol. The number of aromatic nitrogens is 1. The van der Waals surface area contributed by atoms with Gasteiger partial charge in [0.15, 0.2) is 6.29 Å². The van der Waals surface area contributed by atoms with Gasteiger partial charge in [0.2, 0.25) is 0 Å². The second-order valence-corrected chi connectivity index (χ2v) is 4.84. The third-order valence-electron chi connectivity index (χ3n) is 3.27. The van der Waals surface area contributed by atoms with E-state index in [0.717, 1.165) is 28.6 Å². The quantitative estimate of drug-likeness (QED) is 0.678. The Hall–Kier alpha value is -2.26. The van der Waals surface area contributed by atoms with Crippen LogP contribution in [0.15, 0.2) is 48.7 Å². The third-order valence-corrected chi connectivity index (χ3v) is 3.52. The molecule has 2 aromatic carbocycles. The number of rotatable bonds is 3. The Bertz CT molecular complexity index is 775. The minimum absolute atomic E-state index is 0.633. The molecule has 0 saturated carbocycles. The van der Waals surface area contributed by atoms with Gasteiger partial charge in [-0.3, -0.25) is 4.79 Å². The fourth-order valence-corrected chi connectivity index (χ4v) is 2.47. The van der Waals surface area contributed by atoms with Crippen LogP contribution in [0.1, 0.15) is 10.4 Å². The fraction of sp³-hybridized carbons (Fsp3) is 0.0625. The summed E-state index contributed by atoms with van der Waals surface area (Å²) in [6.45, 7) is 0. The number of para-hydroxylation sites is 1. The Morgan fingerprint density at radius 1 is 1.15 bits per heavy atom. The minimum atomic E-state index is 0.633. The number of nitrogens with zero attached hydrogens (tertiary/aromatic N) is 1. The Morgan fingerprint density at radius 3 is 2.55 bits per heavy atom. The van der Waals surface area contributed by atoms with Crippen molar-refractivity contribution in [1.29, 1.82) is 0 Å². The van der Waals surface area contributed by atoms with Gasteiger partial charge in [-0.05, 0) is 30.3 Å². The normalized spacial score (nSPS) is 10.7. The number of aldehydes is 1. The summed E-state index contributed by atoms with van der Waals surface area (Å²) in [7, 11) is 1.62. The van der Waals surface area contributed by atoms with E-state index in [1.807, 2.05) is 53.2 Å². The lowest BCUT2D eigenvalue weighted by molar-refractivity contribution is 0.112. The largest absolute Gasteiger partial charge is 0.495 e. The van der Waals surface area contributed by atoms with Crippen molar-refractivity contribution in [1.82, 2.24) is 4.57 Å². The van der Waals surface area contributed by atoms with Gasteiger partial charge in [-0.1, -0.05) is 23.7 Å². The van der Waals surface area contributed by atoms with Crippen LogP contribution in [0.3, 0.4) is 0 Å². The molecular formula is C16H12ClNO2. The van der Waals surface area contributed by atoms with Gasteiger partial charge in [-0.25, -0.2) is 0 Å². The molecule has 3 aromatic rings. The highest BCUT2D eigenvalue weighted by atomic mass is 35.5. The Kier molecular flexibility index (Phi) is 3.20. The van der Waals surface area contributed by atoms with Gasteiger partial charge in [-0.2, -0.15) is 0 Å². The molecule has 1 heterocycles. The molecule has 4 heteroatoms. The second kappa shape index (κ2) is 5.02. The van der Waals surface area contributed by atoms with E-state index in [0.29, 0.717) is 10.6 Å². The number of hydrogen-bond donors (Lipinski definition) is 0. The zero-order valence-corrected chi connectivity index (χ0v) is 11.6. The van der Waals surface area contributed by atoms with Crippen molar-refractivity contribution in [2.75, 3.05) is 7.11 Å². The Labute approximate surface area is 121 Å². The van der Waals surface area contributed by atoms with Crippen molar-refractivity contribution in [3.05, 3.63) is 59.2 Å². The van der Waals surface area contributed by atoms with Crippen molar-refractivity contribution < 1.29 is 9.53 Å². The lowest BCUT2D eigenvalue weighted by atomic mass is 10.2. The molecule has 0 aliphatic heterocycles. The number of fused-ring (bicyclic) bond motifs is 1. The molecule has 0 saturated heterocycles. The maximum absolute atomic E-state index is 11.2. The molecule has 0 bridgehead atoms. The van der Waals surface area contributed by atoms with Gasteiger partial charge >= 0.3 is 0 Å². The predicted molar refractivity (Wildman–Crippen MR) is 80.2 cm³/mol. The van der Waals surface area contributed by atoms with Gasteiger partial charge in [0.05, 0.1) is 12.6 Å². The first-order chi connectivity index (χ1) is 9.74. The second-order valence-electron chi connectivity index (χ2n) is 4.41. The van der Waals surface area contributed by atoms with E-state index in [9.17, 15) is 4.79 Å². The van der Waals surface area contributed by atoms with Crippen LogP contribution in [0.2, 0.25) is 5.02 Å². The first-order valence-electron chi connectivity index (χ1n) is 6.14. The number of benzene rings is 2. The van der Waals surface area contributed by atoms with E-state index in [1.165, 1.54) is 0 Å². The summed E-state index contributed by atoms with van der Waals surface area (Å²) >= 11 is 5.92. The van der Waals surface area contributed by atoms with Gasteiger partial charge in [0, 0.05) is 27.9 Å². The molecule has 0 atom stereocenters. The molecule has 0 aliphatic rings. The van der Waals surface area contributed by atoms with Crippen LogP contribution in [-0.4, -0.2) is 18.0 Å². The summed E-state index contributed by atoms with van der Waals surface area (Å²) < 4.78 is 7.35. The van der Waals surface area contributed by atoms with E-state index in [2.05, 4.69) is 0 Å². The lowest BCUT2D eigenvalue weighted by Gasteiger charge is -2.09. The van der Waals surface area contributed by atoms with E-state index in [1.54, 1.807) is 7.11 Å². The molecule has 20 heavy (non-hydrogen) atoms. The molecule has 0 aliphatic carbocycles. The summed E-state index contributed by atoms with van der Waals surface area (Å²) in [5.74, 6) is 0.727. The van der Waals surface area contributed by atoms with Gasteiger partial charge in [0.25, 0.3) is 0 Å². The van der Waals surface area contributed by atoms with E-state index in [4.69, 9.17) is 16.3 Å². The number of hydrogen-bond acceptors (Lipinski definition) is 2. The topological polar surface area (TPSA) is 31.2 Å². The molecule has 0 fully saturated rings. The van der Waals surface area contributed by atoms with E-state index in [-0.39, 0.29) is 0 Å². The number of methoxy groups -OCH3 is 1. The maximum atomic E-state index is 11.2. The SMILES string of the molecule is COc1cccc2c(C=O)cn(-c3ccc(Cl)cc3)c12. The molecule has 1 aromatic heterocycles. The minimum Gasteiger partial charge on any atom is -0.495 e. The average Bonchev–Trinajstić information content (AvgIpc) is 2.87. The molecule has 0 amide bonds. The number of halogens is 1. The highest BCUT2D eigenvalue weighted by molar-refractivity contribution is 6.30. The van der Waals surface area contributed by atoms with Crippen LogP contribution in [0, 0.1) is 0 Å². The van der Waals surface area contributed by atoms with Crippen molar-refractivity contribution in [3.8, 4) is 11.4 Å². The van der Waals surface area contributed by atoms with Crippen LogP contribution in [-0.2, 0) is 0 Å². The summed E-state index contributed by atoms with van der Waals surface area (Å²) in [6, 6.07) is 13.1. The molecule has 0 spiro atoms. The Morgan fingerprint density at radius 2 is 1.90 bits per heavy atom. The monoisotopic (exact) mass is 285 g/mol. The molecule has 3 nitrogen and oxygen atoms in total. The standard InChI is InChI=1S/C16H12ClNO2/c1-20-15-4-2-3-14-11(10-19)9-18(16(14)15)13-7-5-12(17)6-8-13/h2-10H,1H3. The number of ether oxygens (including phenoxy) is 1. The summed E-state index contributed by atoms with van der Waals surface area (Å²) in [5.41, 5.74) is 2.44. The van der Waals surface area contributed by atoms with Crippen molar-refractivity contribution in [2.24, 2.45) is 0 Å². The molecule has 3 rings (SSSR count). The number of carbonyl (C=O) groups is 1. The summed E-state index contributed by atoms with van der Waals surface area (Å²) in [4.78, 5) is 11.2. The van der Waals surface area contributed by atoms with Crippen LogP contribution in [0.4, 0.5) is 0 Å². The first kappa shape index (κ1) is 12.8. The number of carbonyl (C=O) groups excluding carboxylic acids is 1. The highest BCUT2D eigenvalue weighted by Gasteiger charge is 2.13. The summed E-state index contributed by atoms with van der Waals surface area (Å²) in [5, 5.41) is 1.54. The average molecular weight is 286 g/mol. The van der Waals surface area contributed by atoms with Crippen LogP contribution < -0.4 is 4.74 Å². The van der Waals surface area contributed by atoms with Crippen molar-refractivity contribution in [2.45, 2.75) is 0 Å².